The highest BCUT2D eigenvalue weighted by atomic mass is 16.6. The van der Waals surface area contributed by atoms with Crippen LogP contribution >= 0.6 is 0 Å². The lowest BCUT2D eigenvalue weighted by Crippen LogP contribution is -2.78. The van der Waals surface area contributed by atoms with Crippen molar-refractivity contribution in [3.05, 3.63) is 24.2 Å². The van der Waals surface area contributed by atoms with E-state index in [1.165, 1.54) is 6.92 Å². The summed E-state index contributed by atoms with van der Waals surface area (Å²) in [6, 6.07) is 1.83. The molecule has 0 radical (unpaired) electrons. The molecule has 5 aliphatic rings. The topological polar surface area (TPSA) is 144 Å². The van der Waals surface area contributed by atoms with Crippen LogP contribution in [0.4, 0.5) is 0 Å². The third-order valence-electron chi connectivity index (χ3n) is 11.4. The highest BCUT2D eigenvalue weighted by Gasteiger charge is 2.80. The van der Waals surface area contributed by atoms with Crippen molar-refractivity contribution in [2.45, 2.75) is 83.9 Å². The third kappa shape index (κ3) is 2.86. The maximum atomic E-state index is 14.3. The van der Waals surface area contributed by atoms with Gasteiger partial charge in [0.1, 0.15) is 17.7 Å². The molecule has 0 spiro atoms. The van der Waals surface area contributed by atoms with Crippen LogP contribution in [0.1, 0.15) is 64.9 Å². The predicted octanol–water partition coefficient (Wildman–Crippen LogP) is 1.97. The largest absolute Gasteiger partial charge is 0.472 e. The molecular formula is C28H36O9. The van der Waals surface area contributed by atoms with Crippen molar-refractivity contribution in [2.24, 2.45) is 39.4 Å². The highest BCUT2D eigenvalue weighted by molar-refractivity contribution is 5.94. The van der Waals surface area contributed by atoms with Crippen molar-refractivity contribution in [2.75, 3.05) is 6.61 Å². The molecule has 2 heterocycles. The minimum Gasteiger partial charge on any atom is -0.472 e. The van der Waals surface area contributed by atoms with Gasteiger partial charge in [-0.05, 0) is 29.4 Å². The Morgan fingerprint density at radius 2 is 1.76 bits per heavy atom. The average Bonchev–Trinajstić information content (AvgIpc) is 3.42. The lowest BCUT2D eigenvalue weighted by Gasteiger charge is -2.72. The number of aliphatic hydroxyl groups is 3. The molecule has 1 saturated heterocycles. The summed E-state index contributed by atoms with van der Waals surface area (Å²) in [5.41, 5.74) is -3.27. The molecule has 5 fully saturated rings. The Hall–Kier alpha value is -2.07. The van der Waals surface area contributed by atoms with Gasteiger partial charge in [-0.25, -0.2) is 0 Å². The van der Waals surface area contributed by atoms with Gasteiger partial charge in [0.25, 0.3) is 0 Å². The van der Waals surface area contributed by atoms with E-state index in [0.717, 1.165) is 5.56 Å². The number of ketones is 2. The second kappa shape index (κ2) is 7.74. The SMILES string of the molecule is CC(=O)O[C@@H]1C[C@H](O)[C@@]23COC(O)[C@]1(C)[C@@H]2C[C@@H](O)[C@@]1(C)[C@@H]2C(=O)C[C@@H](c4ccoc4)[C@]2(C)CC(=O)[C@@H]13. The summed E-state index contributed by atoms with van der Waals surface area (Å²) in [5, 5.41) is 34.7. The molecule has 2 bridgehead atoms. The van der Waals surface area contributed by atoms with Gasteiger partial charge >= 0.3 is 5.97 Å². The van der Waals surface area contributed by atoms with Gasteiger partial charge in [0.15, 0.2) is 6.29 Å². The van der Waals surface area contributed by atoms with Crippen molar-refractivity contribution in [1.82, 2.24) is 0 Å². The van der Waals surface area contributed by atoms with Crippen LogP contribution in [-0.2, 0) is 23.9 Å². The number of aliphatic hydroxyl groups excluding tert-OH is 3. The third-order valence-corrected chi connectivity index (χ3v) is 11.4. The lowest BCUT2D eigenvalue weighted by atomic mass is 9.34. The average molecular weight is 517 g/mol. The maximum absolute atomic E-state index is 14.3. The number of Topliss-reactive ketones (excluding diaryl/α,β-unsaturated/α-hetero) is 2. The Morgan fingerprint density at radius 1 is 1.03 bits per heavy atom. The lowest BCUT2D eigenvalue weighted by molar-refractivity contribution is -0.369. The molecule has 0 amide bonds. The number of rotatable bonds is 2. The van der Waals surface area contributed by atoms with Crippen molar-refractivity contribution in [3.63, 3.8) is 0 Å². The summed E-state index contributed by atoms with van der Waals surface area (Å²) in [4.78, 5) is 40.1. The number of carbonyl (C=O) groups is 3. The Kier molecular flexibility index (Phi) is 5.28. The molecule has 9 heteroatoms. The standard InChI is InChI=1S/C28H36O9/c1-13(29)37-21-9-20(33)28-12-36-24(34)26(21,3)18(28)8-19(32)27(4)22-16(30)7-15(14-5-6-35-11-14)25(22,2)10-17(31)23(27)28/h5-6,11,15,18-24,32-34H,7-10,12H2,1-4H3/t15-,18-,19+,20-,21+,22+,23-,24?,25-,26+,27-,28+/m0/s1. The van der Waals surface area contributed by atoms with Crippen LogP contribution in [-0.4, -0.2) is 64.1 Å². The molecule has 37 heavy (non-hydrogen) atoms. The van der Waals surface area contributed by atoms with Gasteiger partial charge in [0.05, 0.1) is 36.8 Å². The zero-order valence-corrected chi connectivity index (χ0v) is 21.7. The molecule has 1 aromatic heterocycles. The molecule has 9 nitrogen and oxygen atoms in total. The van der Waals surface area contributed by atoms with Crippen LogP contribution in [0, 0.1) is 39.4 Å². The van der Waals surface area contributed by atoms with Crippen LogP contribution < -0.4 is 0 Å². The maximum Gasteiger partial charge on any atom is 0.302 e. The van der Waals surface area contributed by atoms with Crippen LogP contribution in [0.5, 0.6) is 0 Å². The predicted molar refractivity (Wildman–Crippen MR) is 127 cm³/mol. The number of ether oxygens (including phenoxy) is 2. The summed E-state index contributed by atoms with van der Waals surface area (Å²) in [7, 11) is 0. The van der Waals surface area contributed by atoms with Crippen LogP contribution in [0.3, 0.4) is 0 Å². The van der Waals surface area contributed by atoms with E-state index >= 15 is 0 Å². The van der Waals surface area contributed by atoms with E-state index in [2.05, 4.69) is 0 Å². The minimum atomic E-state index is -1.30. The van der Waals surface area contributed by atoms with Crippen molar-refractivity contribution < 1.29 is 43.6 Å². The fourth-order valence-electron chi connectivity index (χ4n) is 10.1. The summed E-state index contributed by atoms with van der Waals surface area (Å²) < 4.78 is 16.8. The molecule has 4 aliphatic carbocycles. The van der Waals surface area contributed by atoms with Crippen LogP contribution in [0.25, 0.3) is 0 Å². The van der Waals surface area contributed by atoms with E-state index in [1.807, 2.05) is 19.9 Å². The molecule has 12 atom stereocenters. The number of furan rings is 1. The second-order valence-corrected chi connectivity index (χ2v) is 13.0. The van der Waals surface area contributed by atoms with Crippen molar-refractivity contribution in [1.29, 1.82) is 0 Å². The Morgan fingerprint density at radius 3 is 2.41 bits per heavy atom. The van der Waals surface area contributed by atoms with Crippen molar-refractivity contribution >= 4 is 17.5 Å². The highest BCUT2D eigenvalue weighted by Crippen LogP contribution is 2.75. The number of fused-ring (bicyclic) bond motifs is 3. The molecular weight excluding hydrogens is 480 g/mol. The quantitative estimate of drug-likeness (QED) is 0.503. The first-order chi connectivity index (χ1) is 17.3. The van der Waals surface area contributed by atoms with Crippen molar-refractivity contribution in [3.8, 4) is 0 Å². The van der Waals surface area contributed by atoms with E-state index in [1.54, 1.807) is 19.5 Å². The first-order valence-corrected chi connectivity index (χ1v) is 13.2. The minimum absolute atomic E-state index is 0.00483. The first kappa shape index (κ1) is 25.2. The molecule has 1 unspecified atom stereocenters. The molecule has 1 aliphatic heterocycles. The molecule has 202 valence electrons. The second-order valence-electron chi connectivity index (χ2n) is 13.0. The summed E-state index contributed by atoms with van der Waals surface area (Å²) in [5.74, 6) is -2.91. The zero-order valence-electron chi connectivity index (χ0n) is 21.7. The van der Waals surface area contributed by atoms with Crippen LogP contribution in [0.15, 0.2) is 23.0 Å². The summed E-state index contributed by atoms with van der Waals surface area (Å²) in [6.45, 7) is 6.74. The number of esters is 1. The smallest absolute Gasteiger partial charge is 0.302 e. The summed E-state index contributed by atoms with van der Waals surface area (Å²) in [6.07, 6.45) is -0.554. The van der Waals surface area contributed by atoms with E-state index in [-0.39, 0.29) is 49.8 Å². The van der Waals surface area contributed by atoms with E-state index < -0.39 is 70.0 Å². The van der Waals surface area contributed by atoms with Gasteiger partial charge in [-0.2, -0.15) is 0 Å². The van der Waals surface area contributed by atoms with Gasteiger partial charge in [-0.3, -0.25) is 14.4 Å². The Balaban J connectivity index is 1.50. The number of hydrogen-bond acceptors (Lipinski definition) is 9. The van der Waals surface area contributed by atoms with Gasteiger partial charge < -0.3 is 29.2 Å². The van der Waals surface area contributed by atoms with E-state index in [4.69, 9.17) is 13.9 Å². The first-order valence-electron chi connectivity index (χ1n) is 13.2. The molecule has 0 aromatic carbocycles. The Labute approximate surface area is 215 Å². The normalized spacial score (nSPS) is 52.7. The van der Waals surface area contributed by atoms with Gasteiger partial charge in [0.2, 0.25) is 0 Å². The van der Waals surface area contributed by atoms with E-state index in [9.17, 15) is 29.7 Å². The molecule has 1 aromatic rings. The number of carbonyl (C=O) groups excluding carboxylic acids is 3. The fourth-order valence-corrected chi connectivity index (χ4v) is 10.1. The van der Waals surface area contributed by atoms with Gasteiger partial charge in [-0.1, -0.05) is 20.8 Å². The monoisotopic (exact) mass is 516 g/mol. The molecule has 4 saturated carbocycles. The summed E-state index contributed by atoms with van der Waals surface area (Å²) >= 11 is 0. The zero-order chi connectivity index (χ0) is 26.7. The van der Waals surface area contributed by atoms with Crippen LogP contribution in [0.2, 0.25) is 0 Å². The van der Waals surface area contributed by atoms with E-state index in [0.29, 0.717) is 0 Å². The molecule has 6 rings (SSSR count). The van der Waals surface area contributed by atoms with Gasteiger partial charge in [-0.15, -0.1) is 0 Å². The molecule has 3 N–H and O–H groups in total. The fraction of sp³-hybridized carbons (Fsp3) is 0.750. The number of hydrogen-bond donors (Lipinski definition) is 3. The Bertz CT molecular complexity index is 1150. The van der Waals surface area contributed by atoms with Gasteiger partial charge in [0, 0.05) is 54.8 Å².